The number of ether oxygens (including phenoxy) is 1. The summed E-state index contributed by atoms with van der Waals surface area (Å²) in [7, 11) is -0.216. The maximum absolute atomic E-state index is 6.41. The molecule has 3 heterocycles. The van der Waals surface area contributed by atoms with Gasteiger partial charge in [0.2, 0.25) is 11.2 Å². The number of rotatable bonds is 6. The van der Waals surface area contributed by atoms with E-state index >= 15 is 0 Å². The summed E-state index contributed by atoms with van der Waals surface area (Å²) in [5, 5.41) is 4.59. The molecular weight excluding hydrogens is 442 g/mol. The molecule has 0 fully saturated rings. The van der Waals surface area contributed by atoms with Crippen LogP contribution in [-0.4, -0.2) is 46.2 Å². The van der Waals surface area contributed by atoms with Crippen LogP contribution >= 0.6 is 11.6 Å². The van der Waals surface area contributed by atoms with E-state index in [0.717, 1.165) is 40.0 Å². The highest BCUT2D eigenvalue weighted by Crippen LogP contribution is 2.37. The molecule has 0 N–H and O–H groups in total. The van der Waals surface area contributed by atoms with Crippen LogP contribution in [0.5, 0.6) is 5.88 Å². The van der Waals surface area contributed by atoms with Crippen LogP contribution in [0.15, 0.2) is 30.5 Å². The zero-order chi connectivity index (χ0) is 23.3. The summed E-state index contributed by atoms with van der Waals surface area (Å²) in [6.07, 6.45) is 1.86. The van der Waals surface area contributed by atoms with Crippen LogP contribution in [0.1, 0.15) is 26.6 Å². The van der Waals surface area contributed by atoms with E-state index in [4.69, 9.17) is 25.7 Å². The van der Waals surface area contributed by atoms with Gasteiger partial charge < -0.3 is 13.7 Å². The molecule has 1 aromatic carbocycles. The van der Waals surface area contributed by atoms with E-state index < -0.39 is 8.32 Å². The summed E-state index contributed by atoms with van der Waals surface area (Å²) in [5.41, 5.74) is 4.83. The fourth-order valence-electron chi connectivity index (χ4n) is 3.64. The van der Waals surface area contributed by atoms with E-state index in [1.165, 1.54) is 0 Å². The quantitative estimate of drug-likeness (QED) is 0.335. The lowest BCUT2D eigenvalue weighted by atomic mass is 10.1. The van der Waals surface area contributed by atoms with Crippen LogP contribution in [0.4, 0.5) is 0 Å². The SMILES string of the molecule is COc1nc(Cl)nn2ccc(-c3ccc4nc(C)n(CCO[Si](C)(C)C(C)(C)C)c4c3)c12. The summed E-state index contributed by atoms with van der Waals surface area (Å²) < 4.78 is 15.8. The Morgan fingerprint density at radius 1 is 1.12 bits per heavy atom. The molecule has 4 aromatic rings. The van der Waals surface area contributed by atoms with Crippen molar-refractivity contribution in [3.8, 4) is 17.0 Å². The molecule has 0 aliphatic carbocycles. The van der Waals surface area contributed by atoms with Crippen molar-refractivity contribution in [2.24, 2.45) is 0 Å². The second-order valence-corrected chi connectivity index (χ2v) is 14.7. The van der Waals surface area contributed by atoms with E-state index in [0.29, 0.717) is 12.5 Å². The van der Waals surface area contributed by atoms with Crippen molar-refractivity contribution in [2.75, 3.05) is 13.7 Å². The molecule has 0 saturated heterocycles. The van der Waals surface area contributed by atoms with Crippen LogP contribution < -0.4 is 4.74 Å². The number of hydrogen-bond acceptors (Lipinski definition) is 5. The average molecular weight is 472 g/mol. The molecule has 0 saturated carbocycles. The van der Waals surface area contributed by atoms with Gasteiger partial charge in [0, 0.05) is 18.3 Å². The minimum absolute atomic E-state index is 0.141. The highest BCUT2D eigenvalue weighted by Gasteiger charge is 2.36. The van der Waals surface area contributed by atoms with Gasteiger partial charge in [-0.3, -0.25) is 0 Å². The number of fused-ring (bicyclic) bond motifs is 2. The molecule has 170 valence electrons. The summed E-state index contributed by atoms with van der Waals surface area (Å²) in [4.78, 5) is 8.98. The van der Waals surface area contributed by atoms with Gasteiger partial charge in [-0.2, -0.15) is 4.98 Å². The van der Waals surface area contributed by atoms with Crippen LogP contribution in [0.25, 0.3) is 27.7 Å². The van der Waals surface area contributed by atoms with Crippen LogP contribution in [0, 0.1) is 6.92 Å². The van der Waals surface area contributed by atoms with Crippen molar-refractivity contribution in [1.82, 2.24) is 24.1 Å². The van der Waals surface area contributed by atoms with Crippen LogP contribution in [-0.2, 0) is 11.0 Å². The molecule has 32 heavy (non-hydrogen) atoms. The fourth-order valence-corrected chi connectivity index (χ4v) is 4.84. The molecule has 4 rings (SSSR count). The molecule has 0 bridgehead atoms. The topological polar surface area (TPSA) is 66.5 Å². The first-order chi connectivity index (χ1) is 15.0. The number of imidazole rings is 1. The number of aromatic nitrogens is 5. The lowest BCUT2D eigenvalue weighted by Gasteiger charge is -2.36. The first-order valence-corrected chi connectivity index (χ1v) is 14.0. The van der Waals surface area contributed by atoms with E-state index in [1.807, 2.05) is 19.2 Å². The molecule has 0 aliphatic rings. The number of methoxy groups -OCH3 is 1. The van der Waals surface area contributed by atoms with Gasteiger partial charge in [0.25, 0.3) is 0 Å². The summed E-state index contributed by atoms with van der Waals surface area (Å²) in [5.74, 6) is 1.42. The molecule has 0 unspecified atom stereocenters. The number of halogens is 1. The molecule has 3 aromatic heterocycles. The normalized spacial score (nSPS) is 12.8. The standard InChI is InChI=1S/C23H30ClN5O2Si/c1-15-25-18-9-8-16(17-10-11-29-20(17)21(30-5)26-22(24)27-29)14-19(18)28(15)12-13-31-32(6,7)23(2,3)4/h8-11,14H,12-13H2,1-7H3. The van der Waals surface area contributed by atoms with Gasteiger partial charge >= 0.3 is 0 Å². The molecule has 0 aliphatic heterocycles. The Labute approximate surface area is 194 Å². The van der Waals surface area contributed by atoms with Gasteiger partial charge in [-0.25, -0.2) is 9.50 Å². The summed E-state index contributed by atoms with van der Waals surface area (Å²) >= 11 is 6.02. The molecule has 0 atom stereocenters. The zero-order valence-electron chi connectivity index (χ0n) is 19.7. The molecule has 9 heteroatoms. The highest BCUT2D eigenvalue weighted by atomic mass is 35.5. The maximum atomic E-state index is 6.41. The van der Waals surface area contributed by atoms with Gasteiger partial charge in [-0.15, -0.1) is 5.10 Å². The first kappa shape index (κ1) is 22.8. The summed E-state index contributed by atoms with van der Waals surface area (Å²) in [6, 6.07) is 8.27. The molecular formula is C23H30ClN5O2Si. The van der Waals surface area contributed by atoms with Crippen molar-refractivity contribution in [2.45, 2.75) is 52.4 Å². The smallest absolute Gasteiger partial charge is 0.244 e. The fraction of sp³-hybridized carbons (Fsp3) is 0.435. The third kappa shape index (κ3) is 4.02. The average Bonchev–Trinajstić information content (AvgIpc) is 3.26. The van der Waals surface area contributed by atoms with Gasteiger partial charge in [0.05, 0.1) is 24.8 Å². The monoisotopic (exact) mass is 471 g/mol. The molecule has 7 nitrogen and oxygen atoms in total. The second-order valence-electron chi connectivity index (χ2n) is 9.54. The lowest BCUT2D eigenvalue weighted by molar-refractivity contribution is 0.272. The Kier molecular flexibility index (Phi) is 5.81. The first-order valence-electron chi connectivity index (χ1n) is 10.7. The van der Waals surface area contributed by atoms with E-state index in [2.05, 4.69) is 66.7 Å². The third-order valence-electron chi connectivity index (χ3n) is 6.48. The number of nitrogens with zero attached hydrogens (tertiary/aromatic N) is 5. The lowest BCUT2D eigenvalue weighted by Crippen LogP contribution is -2.41. The van der Waals surface area contributed by atoms with Gasteiger partial charge in [0.15, 0.2) is 8.32 Å². The van der Waals surface area contributed by atoms with E-state index in [9.17, 15) is 0 Å². The van der Waals surface area contributed by atoms with Gasteiger partial charge in [0.1, 0.15) is 11.3 Å². The van der Waals surface area contributed by atoms with Gasteiger partial charge in [-0.05, 0) is 60.4 Å². The minimum atomic E-state index is -1.80. The number of benzene rings is 1. The zero-order valence-corrected chi connectivity index (χ0v) is 21.5. The van der Waals surface area contributed by atoms with Crippen LogP contribution in [0.2, 0.25) is 23.4 Å². The number of aryl methyl sites for hydroxylation is 1. The largest absolute Gasteiger partial charge is 0.479 e. The number of hydrogen-bond donors (Lipinski definition) is 0. The Morgan fingerprint density at radius 2 is 1.88 bits per heavy atom. The Morgan fingerprint density at radius 3 is 2.56 bits per heavy atom. The summed E-state index contributed by atoms with van der Waals surface area (Å²) in [6.45, 7) is 14.8. The predicted octanol–water partition coefficient (Wildman–Crippen LogP) is 5.74. The minimum Gasteiger partial charge on any atom is -0.479 e. The van der Waals surface area contributed by atoms with E-state index in [1.54, 1.807) is 11.6 Å². The van der Waals surface area contributed by atoms with Crippen molar-refractivity contribution < 1.29 is 9.16 Å². The van der Waals surface area contributed by atoms with Crippen molar-refractivity contribution in [3.05, 3.63) is 41.6 Å². The van der Waals surface area contributed by atoms with E-state index in [-0.39, 0.29) is 10.3 Å². The predicted molar refractivity (Wildman–Crippen MR) is 131 cm³/mol. The van der Waals surface area contributed by atoms with Gasteiger partial charge in [-0.1, -0.05) is 26.8 Å². The maximum Gasteiger partial charge on any atom is 0.244 e. The second kappa shape index (κ2) is 8.17. The molecule has 0 amide bonds. The highest BCUT2D eigenvalue weighted by molar-refractivity contribution is 6.74. The Balaban J connectivity index is 1.71. The Hall–Kier alpha value is -2.42. The van der Waals surface area contributed by atoms with Crippen LogP contribution in [0.3, 0.4) is 0 Å². The van der Waals surface area contributed by atoms with Crippen molar-refractivity contribution >= 4 is 36.5 Å². The molecule has 0 spiro atoms. The van der Waals surface area contributed by atoms with Crippen molar-refractivity contribution in [1.29, 1.82) is 0 Å². The van der Waals surface area contributed by atoms with Crippen molar-refractivity contribution in [3.63, 3.8) is 0 Å². The third-order valence-corrected chi connectivity index (χ3v) is 11.2. The Bertz CT molecular complexity index is 1290. The molecule has 0 radical (unpaired) electrons.